The van der Waals surface area contributed by atoms with E-state index in [-0.39, 0.29) is 0 Å². The Bertz CT molecular complexity index is 579. The van der Waals surface area contributed by atoms with E-state index in [9.17, 15) is 0 Å². The fraction of sp³-hybridized carbons (Fsp3) is 0. The number of nitrogens with zero attached hydrogens (tertiary/aromatic N) is 2. The molecule has 0 fully saturated rings. The van der Waals surface area contributed by atoms with Crippen LogP contribution in [-0.4, -0.2) is 9.97 Å². The first-order valence-electron chi connectivity index (χ1n) is 5.76. The first kappa shape index (κ1) is 10.7. The van der Waals surface area contributed by atoms with Crippen molar-refractivity contribution in [2.45, 2.75) is 0 Å². The first-order valence-corrected chi connectivity index (χ1v) is 5.76. The van der Waals surface area contributed by atoms with Crippen LogP contribution in [0.5, 0.6) is 0 Å². The van der Waals surface area contributed by atoms with Gasteiger partial charge in [0.05, 0.1) is 0 Å². The Morgan fingerprint density at radius 3 is 1.94 bits per heavy atom. The number of pyridine rings is 2. The maximum atomic E-state index is 4.04. The summed E-state index contributed by atoms with van der Waals surface area (Å²) >= 11 is 0. The minimum atomic E-state index is 1.08. The van der Waals surface area contributed by atoms with Crippen LogP contribution in [0.1, 0.15) is 0 Å². The summed E-state index contributed by atoms with van der Waals surface area (Å²) < 4.78 is 0. The van der Waals surface area contributed by atoms with Crippen molar-refractivity contribution in [3.63, 3.8) is 0 Å². The molecule has 0 saturated carbocycles. The van der Waals surface area contributed by atoms with E-state index >= 15 is 0 Å². The molecule has 0 atom stereocenters. The lowest BCUT2D eigenvalue weighted by Crippen LogP contribution is -1.82. The van der Waals surface area contributed by atoms with Gasteiger partial charge in [-0.3, -0.25) is 9.97 Å². The normalized spacial score (nSPS) is 10.2. The molecule has 0 saturated heterocycles. The zero-order chi connectivity index (χ0) is 12.2. The molecule has 0 N–H and O–H groups in total. The van der Waals surface area contributed by atoms with Crippen molar-refractivity contribution in [3.8, 4) is 22.3 Å². The van der Waals surface area contributed by atoms with E-state index < -0.39 is 0 Å². The lowest BCUT2D eigenvalue weighted by Gasteiger charge is -2.05. The molecule has 0 amide bonds. The number of benzene rings is 1. The summed E-state index contributed by atoms with van der Waals surface area (Å²) in [5.41, 5.74) is 4.53. The summed E-state index contributed by atoms with van der Waals surface area (Å²) in [5.74, 6) is 0. The smallest absolute Gasteiger partial charge is 0.0273 e. The zero-order valence-corrected chi connectivity index (χ0v) is 9.75. The molecule has 0 unspecified atom stereocenters. The van der Waals surface area contributed by atoms with Gasteiger partial charge in [0.1, 0.15) is 0 Å². The second kappa shape index (κ2) is 4.80. The van der Waals surface area contributed by atoms with E-state index in [0.29, 0.717) is 0 Å². The van der Waals surface area contributed by atoms with Gasteiger partial charge in [0.2, 0.25) is 0 Å². The van der Waals surface area contributed by atoms with E-state index in [1.165, 1.54) is 5.56 Å². The molecule has 2 aromatic heterocycles. The maximum absolute atomic E-state index is 4.04. The van der Waals surface area contributed by atoms with Crippen molar-refractivity contribution in [1.82, 2.24) is 9.97 Å². The Morgan fingerprint density at radius 2 is 1.28 bits per heavy atom. The average Bonchev–Trinajstić information content (AvgIpc) is 2.49. The van der Waals surface area contributed by atoms with Crippen LogP contribution in [0.25, 0.3) is 22.3 Å². The van der Waals surface area contributed by atoms with Gasteiger partial charge in [-0.05, 0) is 58.7 Å². The van der Waals surface area contributed by atoms with Crippen molar-refractivity contribution in [2.24, 2.45) is 0 Å². The summed E-state index contributed by atoms with van der Waals surface area (Å²) in [4.78, 5) is 8.06. The zero-order valence-electron chi connectivity index (χ0n) is 9.75. The predicted molar refractivity (Wildman–Crippen MR) is 71.7 cm³/mol. The topological polar surface area (TPSA) is 25.8 Å². The van der Waals surface area contributed by atoms with Gasteiger partial charge in [0.25, 0.3) is 0 Å². The van der Waals surface area contributed by atoms with E-state index in [1.807, 2.05) is 30.3 Å². The van der Waals surface area contributed by atoms with Crippen LogP contribution >= 0.6 is 0 Å². The highest BCUT2D eigenvalue weighted by molar-refractivity contribution is 5.72. The number of hydrogen-bond acceptors (Lipinski definition) is 2. The highest BCUT2D eigenvalue weighted by Gasteiger charge is 2.01. The Kier molecular flexibility index (Phi) is 2.84. The van der Waals surface area contributed by atoms with Crippen LogP contribution in [0, 0.1) is 6.07 Å². The molecule has 18 heavy (non-hydrogen) atoms. The van der Waals surface area contributed by atoms with Crippen LogP contribution in [0.15, 0.2) is 67.3 Å². The van der Waals surface area contributed by atoms with E-state index in [1.54, 1.807) is 24.8 Å². The van der Waals surface area contributed by atoms with Gasteiger partial charge in [0, 0.05) is 24.8 Å². The molecule has 0 bridgehead atoms. The number of hydrogen-bond donors (Lipinski definition) is 0. The summed E-state index contributed by atoms with van der Waals surface area (Å²) in [6, 6.07) is 17.4. The first-order chi connectivity index (χ1) is 8.93. The maximum Gasteiger partial charge on any atom is 0.0273 e. The van der Waals surface area contributed by atoms with Crippen LogP contribution in [0.4, 0.5) is 0 Å². The molecule has 0 spiro atoms. The minimum Gasteiger partial charge on any atom is -0.265 e. The third-order valence-corrected chi connectivity index (χ3v) is 2.81. The van der Waals surface area contributed by atoms with Crippen LogP contribution < -0.4 is 0 Å². The van der Waals surface area contributed by atoms with Gasteiger partial charge >= 0.3 is 0 Å². The molecular weight excluding hydrogens is 220 g/mol. The van der Waals surface area contributed by atoms with Gasteiger partial charge in [0.15, 0.2) is 0 Å². The molecule has 1 radical (unpaired) electrons. The minimum absolute atomic E-state index is 1.08. The Morgan fingerprint density at radius 1 is 0.667 bits per heavy atom. The van der Waals surface area contributed by atoms with Crippen molar-refractivity contribution in [2.75, 3.05) is 0 Å². The van der Waals surface area contributed by atoms with Gasteiger partial charge in [-0.15, -0.1) is 0 Å². The van der Waals surface area contributed by atoms with Crippen molar-refractivity contribution < 1.29 is 0 Å². The predicted octanol–water partition coefficient (Wildman–Crippen LogP) is 3.61. The van der Waals surface area contributed by atoms with Crippen molar-refractivity contribution in [3.05, 3.63) is 73.3 Å². The number of rotatable bonds is 2. The van der Waals surface area contributed by atoms with Gasteiger partial charge in [-0.1, -0.05) is 12.1 Å². The van der Waals surface area contributed by atoms with Crippen LogP contribution in [0.3, 0.4) is 0 Å². The lowest BCUT2D eigenvalue weighted by atomic mass is 10.0. The van der Waals surface area contributed by atoms with Gasteiger partial charge < -0.3 is 0 Å². The van der Waals surface area contributed by atoms with E-state index in [4.69, 9.17) is 0 Å². The van der Waals surface area contributed by atoms with Crippen LogP contribution in [-0.2, 0) is 0 Å². The highest BCUT2D eigenvalue weighted by atomic mass is 14.6. The molecule has 2 nitrogen and oxygen atoms in total. The fourth-order valence-electron chi connectivity index (χ4n) is 1.89. The Balaban J connectivity index is 2.05. The third kappa shape index (κ3) is 2.13. The van der Waals surface area contributed by atoms with Gasteiger partial charge in [-0.25, -0.2) is 0 Å². The largest absolute Gasteiger partial charge is 0.265 e. The molecule has 2 heteroatoms. The third-order valence-electron chi connectivity index (χ3n) is 2.81. The summed E-state index contributed by atoms with van der Waals surface area (Å²) in [7, 11) is 0. The SMILES string of the molecule is [c]1ccc(-c2ccncc2)cc1-c1ccncc1. The molecule has 1 aromatic carbocycles. The second-order valence-corrected chi connectivity index (χ2v) is 3.96. The molecular formula is C16H11N2. The molecule has 0 aliphatic carbocycles. The van der Waals surface area contributed by atoms with E-state index in [0.717, 1.165) is 16.7 Å². The Labute approximate surface area is 106 Å². The Hall–Kier alpha value is -2.48. The molecule has 2 heterocycles. The summed E-state index contributed by atoms with van der Waals surface area (Å²) in [5, 5.41) is 0. The highest BCUT2D eigenvalue weighted by Crippen LogP contribution is 2.24. The van der Waals surface area contributed by atoms with E-state index in [2.05, 4.69) is 28.2 Å². The molecule has 3 rings (SSSR count). The summed E-state index contributed by atoms with van der Waals surface area (Å²) in [6.45, 7) is 0. The average molecular weight is 231 g/mol. The van der Waals surface area contributed by atoms with Crippen LogP contribution in [0.2, 0.25) is 0 Å². The molecule has 0 aliphatic heterocycles. The van der Waals surface area contributed by atoms with Crippen molar-refractivity contribution in [1.29, 1.82) is 0 Å². The molecule has 0 aliphatic rings. The summed E-state index contributed by atoms with van der Waals surface area (Å²) in [6.07, 6.45) is 7.20. The van der Waals surface area contributed by atoms with Crippen molar-refractivity contribution >= 4 is 0 Å². The standard InChI is InChI=1S/C16H11N2/c1-2-15(13-4-8-17-9-5-13)12-16(3-1)14-6-10-18-11-7-14/h1-2,4-12H. The quantitative estimate of drug-likeness (QED) is 0.673. The monoisotopic (exact) mass is 231 g/mol. The number of aromatic nitrogens is 2. The fourth-order valence-corrected chi connectivity index (χ4v) is 1.89. The second-order valence-electron chi connectivity index (χ2n) is 3.96. The van der Waals surface area contributed by atoms with Gasteiger partial charge in [-0.2, -0.15) is 0 Å². The lowest BCUT2D eigenvalue weighted by molar-refractivity contribution is 1.32. The molecule has 3 aromatic rings. The molecule has 85 valence electrons.